The van der Waals surface area contributed by atoms with Gasteiger partial charge in [-0.3, -0.25) is 0 Å². The van der Waals surface area contributed by atoms with E-state index >= 15 is 0 Å². The van der Waals surface area contributed by atoms with Gasteiger partial charge in [0.1, 0.15) is 11.6 Å². The summed E-state index contributed by atoms with van der Waals surface area (Å²) in [6.45, 7) is 0. The number of phenols is 1. The van der Waals surface area contributed by atoms with Gasteiger partial charge in [-0.25, -0.2) is 4.39 Å². The van der Waals surface area contributed by atoms with Gasteiger partial charge in [-0.05, 0) is 23.8 Å². The maximum atomic E-state index is 13.9. The van der Waals surface area contributed by atoms with Crippen molar-refractivity contribution in [3.63, 3.8) is 0 Å². The molecular weight excluding hydrogens is 288 g/mol. The summed E-state index contributed by atoms with van der Waals surface area (Å²) in [5.41, 5.74) is -1.34. The Labute approximate surface area is 118 Å². The maximum absolute atomic E-state index is 13.9. The number of halogens is 4. The van der Waals surface area contributed by atoms with E-state index in [0.29, 0.717) is 11.6 Å². The monoisotopic (exact) mass is 300 g/mol. The lowest BCUT2D eigenvalue weighted by molar-refractivity contribution is -0.140. The van der Waals surface area contributed by atoms with Gasteiger partial charge in [-0.15, -0.1) is 0 Å². The van der Waals surface area contributed by atoms with Crippen LogP contribution in [0.5, 0.6) is 5.75 Å². The molecule has 1 unspecified atom stereocenters. The first-order valence-electron chi connectivity index (χ1n) is 6.10. The molecule has 2 rings (SSSR count). The number of phenolic OH excluding ortho intramolecular Hbond substituents is 1. The highest BCUT2D eigenvalue weighted by Crippen LogP contribution is 2.34. The van der Waals surface area contributed by atoms with E-state index < -0.39 is 29.2 Å². The van der Waals surface area contributed by atoms with Gasteiger partial charge in [0.25, 0.3) is 0 Å². The summed E-state index contributed by atoms with van der Waals surface area (Å²) in [6.07, 6.45) is -6.36. The molecule has 0 aliphatic rings. The Balaban J connectivity index is 2.30. The third-order valence-electron chi connectivity index (χ3n) is 3.03. The molecule has 1 atom stereocenters. The van der Waals surface area contributed by atoms with Crippen LogP contribution in [0.2, 0.25) is 0 Å². The minimum Gasteiger partial charge on any atom is -0.508 e. The number of aliphatic hydroxyl groups is 1. The van der Waals surface area contributed by atoms with Gasteiger partial charge in [-0.2, -0.15) is 13.2 Å². The molecule has 0 saturated carbocycles. The second-order valence-electron chi connectivity index (χ2n) is 4.60. The Morgan fingerprint density at radius 1 is 1.05 bits per heavy atom. The van der Waals surface area contributed by atoms with Crippen molar-refractivity contribution in [3.05, 3.63) is 65.0 Å². The van der Waals surface area contributed by atoms with Gasteiger partial charge < -0.3 is 10.2 Å². The van der Waals surface area contributed by atoms with Crippen LogP contribution < -0.4 is 0 Å². The molecule has 0 aromatic heterocycles. The number of hydrogen-bond acceptors (Lipinski definition) is 2. The van der Waals surface area contributed by atoms with Crippen LogP contribution in [0.4, 0.5) is 17.6 Å². The van der Waals surface area contributed by atoms with E-state index in [-0.39, 0.29) is 12.2 Å². The Kier molecular flexibility index (Phi) is 4.18. The molecule has 0 aliphatic heterocycles. The fourth-order valence-corrected chi connectivity index (χ4v) is 2.04. The predicted octanol–water partition coefficient (Wildman–Crippen LogP) is 3.83. The number of aliphatic hydroxyl groups excluding tert-OH is 1. The van der Waals surface area contributed by atoms with Gasteiger partial charge >= 0.3 is 6.18 Å². The molecule has 0 heterocycles. The zero-order chi connectivity index (χ0) is 15.6. The molecule has 6 heteroatoms. The van der Waals surface area contributed by atoms with Crippen LogP contribution in [0, 0.1) is 5.82 Å². The minimum absolute atomic E-state index is 0.0378. The topological polar surface area (TPSA) is 40.5 Å². The largest absolute Gasteiger partial charge is 0.508 e. The third kappa shape index (κ3) is 3.52. The molecule has 0 saturated heterocycles. The molecule has 21 heavy (non-hydrogen) atoms. The lowest BCUT2D eigenvalue weighted by Crippen LogP contribution is -2.12. The van der Waals surface area contributed by atoms with Crippen LogP contribution in [0.15, 0.2) is 42.5 Å². The highest BCUT2D eigenvalue weighted by atomic mass is 19.4. The van der Waals surface area contributed by atoms with Crippen molar-refractivity contribution < 1.29 is 27.8 Å². The maximum Gasteiger partial charge on any atom is 0.419 e. The van der Waals surface area contributed by atoms with Crippen LogP contribution in [0.1, 0.15) is 22.8 Å². The van der Waals surface area contributed by atoms with E-state index in [1.807, 2.05) is 0 Å². The van der Waals surface area contributed by atoms with Crippen LogP contribution >= 0.6 is 0 Å². The van der Waals surface area contributed by atoms with E-state index in [1.54, 1.807) is 6.07 Å². The van der Waals surface area contributed by atoms with Crippen LogP contribution in [-0.4, -0.2) is 10.2 Å². The smallest absolute Gasteiger partial charge is 0.419 e. The van der Waals surface area contributed by atoms with Crippen molar-refractivity contribution in [3.8, 4) is 5.75 Å². The number of hydrogen-bond donors (Lipinski definition) is 2. The summed E-state index contributed by atoms with van der Waals surface area (Å²) >= 11 is 0. The first-order valence-corrected chi connectivity index (χ1v) is 6.10. The standard InChI is InChI=1S/C15H12F4O2/c16-14-11(5-2-6-12(14)15(17,18)19)13(21)8-9-3-1-4-10(20)7-9/h1-7,13,20-21H,8H2. The highest BCUT2D eigenvalue weighted by molar-refractivity contribution is 5.32. The molecule has 112 valence electrons. The molecule has 0 bridgehead atoms. The first-order chi connectivity index (χ1) is 9.79. The molecule has 2 aromatic carbocycles. The van der Waals surface area contributed by atoms with Crippen molar-refractivity contribution in [2.75, 3.05) is 0 Å². The lowest BCUT2D eigenvalue weighted by Gasteiger charge is -2.15. The Morgan fingerprint density at radius 2 is 1.71 bits per heavy atom. The SMILES string of the molecule is Oc1cccc(CC(O)c2cccc(C(F)(F)F)c2F)c1. The fourth-order valence-electron chi connectivity index (χ4n) is 2.04. The number of benzene rings is 2. The Morgan fingerprint density at radius 3 is 2.33 bits per heavy atom. The van der Waals surface area contributed by atoms with E-state index in [0.717, 1.165) is 12.1 Å². The van der Waals surface area contributed by atoms with Crippen LogP contribution in [-0.2, 0) is 12.6 Å². The number of alkyl halides is 3. The molecule has 0 radical (unpaired) electrons. The van der Waals surface area contributed by atoms with E-state index in [4.69, 9.17) is 0 Å². The third-order valence-corrected chi connectivity index (χ3v) is 3.03. The van der Waals surface area contributed by atoms with Crippen molar-refractivity contribution in [2.24, 2.45) is 0 Å². The Hall–Kier alpha value is -2.08. The van der Waals surface area contributed by atoms with Gasteiger partial charge in [0, 0.05) is 12.0 Å². The Bertz CT molecular complexity index is 638. The minimum atomic E-state index is -4.81. The molecule has 0 amide bonds. The van der Waals surface area contributed by atoms with E-state index in [1.165, 1.54) is 18.2 Å². The van der Waals surface area contributed by atoms with Crippen LogP contribution in [0.25, 0.3) is 0 Å². The van der Waals surface area contributed by atoms with E-state index in [2.05, 4.69) is 0 Å². The molecule has 2 N–H and O–H groups in total. The van der Waals surface area contributed by atoms with Gasteiger partial charge in [0.05, 0.1) is 11.7 Å². The zero-order valence-corrected chi connectivity index (χ0v) is 10.7. The predicted molar refractivity (Wildman–Crippen MR) is 68.2 cm³/mol. The van der Waals surface area contributed by atoms with Crippen LogP contribution in [0.3, 0.4) is 0 Å². The first kappa shape index (κ1) is 15.3. The summed E-state index contributed by atoms with van der Waals surface area (Å²) in [5, 5.41) is 19.2. The van der Waals surface area contributed by atoms with Gasteiger partial charge in [-0.1, -0.05) is 24.3 Å². The average Bonchev–Trinajstić information content (AvgIpc) is 2.37. The average molecular weight is 300 g/mol. The van der Waals surface area contributed by atoms with Crippen molar-refractivity contribution in [1.82, 2.24) is 0 Å². The van der Waals surface area contributed by atoms with Crippen molar-refractivity contribution in [2.45, 2.75) is 18.7 Å². The molecule has 0 fully saturated rings. The fraction of sp³-hybridized carbons (Fsp3) is 0.200. The van der Waals surface area contributed by atoms with Gasteiger partial charge in [0.2, 0.25) is 0 Å². The lowest BCUT2D eigenvalue weighted by atomic mass is 9.98. The zero-order valence-electron chi connectivity index (χ0n) is 10.7. The summed E-state index contributed by atoms with van der Waals surface area (Å²) in [6, 6.07) is 8.66. The normalized spacial score (nSPS) is 13.2. The summed E-state index contributed by atoms with van der Waals surface area (Å²) < 4.78 is 51.7. The molecule has 0 aliphatic carbocycles. The van der Waals surface area contributed by atoms with Gasteiger partial charge in [0.15, 0.2) is 0 Å². The molecule has 2 aromatic rings. The molecular formula is C15H12F4O2. The molecule has 2 nitrogen and oxygen atoms in total. The summed E-state index contributed by atoms with van der Waals surface area (Å²) in [4.78, 5) is 0. The number of aromatic hydroxyl groups is 1. The second-order valence-corrected chi connectivity index (χ2v) is 4.60. The summed E-state index contributed by atoms with van der Waals surface area (Å²) in [7, 11) is 0. The number of rotatable bonds is 3. The van der Waals surface area contributed by atoms with Crippen molar-refractivity contribution in [1.29, 1.82) is 0 Å². The highest BCUT2D eigenvalue weighted by Gasteiger charge is 2.35. The van der Waals surface area contributed by atoms with E-state index in [9.17, 15) is 27.8 Å². The quantitative estimate of drug-likeness (QED) is 0.846. The second kappa shape index (κ2) is 5.73. The molecule has 0 spiro atoms. The summed E-state index contributed by atoms with van der Waals surface area (Å²) in [5.74, 6) is -1.51. The van der Waals surface area contributed by atoms with Crippen molar-refractivity contribution >= 4 is 0 Å².